The van der Waals surface area contributed by atoms with Gasteiger partial charge < -0.3 is 10.1 Å². The van der Waals surface area contributed by atoms with Gasteiger partial charge in [-0.15, -0.1) is 0 Å². The summed E-state index contributed by atoms with van der Waals surface area (Å²) in [6.07, 6.45) is 2.68. The zero-order valence-electron chi connectivity index (χ0n) is 11.1. The van der Waals surface area contributed by atoms with E-state index in [2.05, 4.69) is 29.4 Å². The molecule has 2 aromatic rings. The molecule has 3 nitrogen and oxygen atoms in total. The van der Waals surface area contributed by atoms with Crippen LogP contribution in [0.5, 0.6) is 5.75 Å². The number of anilines is 1. The van der Waals surface area contributed by atoms with Gasteiger partial charge in [-0.25, -0.2) is 4.98 Å². The summed E-state index contributed by atoms with van der Waals surface area (Å²) in [7, 11) is 1.67. The average molecular weight is 277 g/mol. The van der Waals surface area contributed by atoms with Crippen molar-refractivity contribution in [3.8, 4) is 5.75 Å². The maximum atomic E-state index is 5.76. The fourth-order valence-electron chi connectivity index (χ4n) is 1.91. The van der Waals surface area contributed by atoms with Crippen molar-refractivity contribution in [2.45, 2.75) is 19.4 Å². The number of rotatable bonds is 5. The Morgan fingerprint density at radius 2 is 1.95 bits per heavy atom. The lowest BCUT2D eigenvalue weighted by molar-refractivity contribution is 0.414. The van der Waals surface area contributed by atoms with Crippen LogP contribution in [-0.2, 0) is 6.42 Å². The molecule has 0 amide bonds. The molecule has 0 aliphatic heterocycles. The first-order chi connectivity index (χ1) is 9.17. The molecular formula is C15H17ClN2O. The van der Waals surface area contributed by atoms with E-state index in [-0.39, 0.29) is 0 Å². The zero-order chi connectivity index (χ0) is 13.7. The number of hydrogen-bond acceptors (Lipinski definition) is 3. The van der Waals surface area contributed by atoms with Gasteiger partial charge in [0.1, 0.15) is 10.9 Å². The molecule has 0 aliphatic rings. The van der Waals surface area contributed by atoms with Gasteiger partial charge >= 0.3 is 0 Å². The zero-order valence-corrected chi connectivity index (χ0v) is 11.8. The number of benzene rings is 1. The van der Waals surface area contributed by atoms with E-state index < -0.39 is 0 Å². The van der Waals surface area contributed by atoms with Gasteiger partial charge in [-0.05, 0) is 43.2 Å². The lowest BCUT2D eigenvalue weighted by atomic mass is 10.1. The van der Waals surface area contributed by atoms with Crippen LogP contribution in [0, 0.1) is 0 Å². The maximum Gasteiger partial charge on any atom is 0.129 e. The molecule has 1 aromatic carbocycles. The minimum atomic E-state index is 0.316. The maximum absolute atomic E-state index is 5.76. The van der Waals surface area contributed by atoms with Gasteiger partial charge in [0.25, 0.3) is 0 Å². The van der Waals surface area contributed by atoms with Gasteiger partial charge in [0.2, 0.25) is 0 Å². The Bertz CT molecular complexity index is 511. The molecule has 0 fully saturated rings. The molecule has 1 N–H and O–H groups in total. The number of ether oxygens (including phenoxy) is 1. The highest BCUT2D eigenvalue weighted by atomic mass is 35.5. The number of methoxy groups -OCH3 is 1. The lowest BCUT2D eigenvalue weighted by Crippen LogP contribution is -2.18. The van der Waals surface area contributed by atoms with Crippen LogP contribution in [0.4, 0.5) is 5.69 Å². The fourth-order valence-corrected chi connectivity index (χ4v) is 2.02. The van der Waals surface area contributed by atoms with Gasteiger partial charge in [-0.1, -0.05) is 23.7 Å². The van der Waals surface area contributed by atoms with E-state index >= 15 is 0 Å². The smallest absolute Gasteiger partial charge is 0.129 e. The SMILES string of the molecule is COc1ccc(CC(C)Nc2ccc(Cl)nc2)cc1. The Morgan fingerprint density at radius 3 is 2.53 bits per heavy atom. The average Bonchev–Trinajstić information content (AvgIpc) is 2.42. The minimum Gasteiger partial charge on any atom is -0.497 e. The van der Waals surface area contributed by atoms with Crippen LogP contribution in [-0.4, -0.2) is 18.1 Å². The van der Waals surface area contributed by atoms with E-state index in [0.29, 0.717) is 11.2 Å². The highest BCUT2D eigenvalue weighted by molar-refractivity contribution is 6.29. The second-order valence-electron chi connectivity index (χ2n) is 4.47. The van der Waals surface area contributed by atoms with Gasteiger partial charge in [0.15, 0.2) is 0 Å². The molecule has 19 heavy (non-hydrogen) atoms. The lowest BCUT2D eigenvalue weighted by Gasteiger charge is -2.15. The standard InChI is InChI=1S/C15H17ClN2O/c1-11(18-13-5-8-15(16)17-10-13)9-12-3-6-14(19-2)7-4-12/h3-8,10-11,18H,9H2,1-2H3. The van der Waals surface area contributed by atoms with Crippen LogP contribution in [0.3, 0.4) is 0 Å². The summed E-state index contributed by atoms with van der Waals surface area (Å²) < 4.78 is 5.14. The van der Waals surface area contributed by atoms with Gasteiger partial charge in [-0.2, -0.15) is 0 Å². The van der Waals surface area contributed by atoms with Gasteiger partial charge in [-0.3, -0.25) is 0 Å². The molecule has 1 heterocycles. The first kappa shape index (κ1) is 13.7. The van der Waals surface area contributed by atoms with Crippen LogP contribution >= 0.6 is 11.6 Å². The Kier molecular flexibility index (Phi) is 4.63. The van der Waals surface area contributed by atoms with Gasteiger partial charge in [0.05, 0.1) is 19.0 Å². The molecule has 0 saturated heterocycles. The van der Waals surface area contributed by atoms with Gasteiger partial charge in [0, 0.05) is 6.04 Å². The Morgan fingerprint density at radius 1 is 1.21 bits per heavy atom. The number of hydrogen-bond donors (Lipinski definition) is 1. The summed E-state index contributed by atoms with van der Waals surface area (Å²) in [6, 6.07) is 12.1. The third-order valence-corrected chi connectivity index (χ3v) is 3.06. The van der Waals surface area contributed by atoms with E-state index in [1.165, 1.54) is 5.56 Å². The Labute approximate surface area is 118 Å². The van der Waals surface area contributed by atoms with Crippen molar-refractivity contribution in [3.05, 3.63) is 53.3 Å². The molecule has 4 heteroatoms. The fraction of sp³-hybridized carbons (Fsp3) is 0.267. The van der Waals surface area contributed by atoms with Crippen LogP contribution in [0.25, 0.3) is 0 Å². The van der Waals surface area contributed by atoms with Crippen molar-refractivity contribution in [2.24, 2.45) is 0 Å². The minimum absolute atomic E-state index is 0.316. The van der Waals surface area contributed by atoms with Crippen molar-refractivity contribution in [1.29, 1.82) is 0 Å². The van der Waals surface area contributed by atoms with E-state index in [9.17, 15) is 0 Å². The summed E-state index contributed by atoms with van der Waals surface area (Å²) >= 11 is 5.76. The second-order valence-corrected chi connectivity index (χ2v) is 4.85. The molecule has 0 radical (unpaired) electrons. The first-order valence-corrected chi connectivity index (χ1v) is 6.56. The van der Waals surface area contributed by atoms with Crippen molar-refractivity contribution in [3.63, 3.8) is 0 Å². The molecule has 100 valence electrons. The van der Waals surface area contributed by atoms with Crippen molar-refractivity contribution in [2.75, 3.05) is 12.4 Å². The number of nitrogens with zero attached hydrogens (tertiary/aromatic N) is 1. The Balaban J connectivity index is 1.92. The molecule has 0 bridgehead atoms. The number of halogens is 1. The Hall–Kier alpha value is -1.74. The molecule has 0 aliphatic carbocycles. The van der Waals surface area contributed by atoms with E-state index in [0.717, 1.165) is 17.9 Å². The van der Waals surface area contributed by atoms with E-state index in [4.69, 9.17) is 16.3 Å². The van der Waals surface area contributed by atoms with Crippen LogP contribution in [0.1, 0.15) is 12.5 Å². The predicted octanol–water partition coefficient (Wildman–Crippen LogP) is 3.79. The molecule has 1 atom stereocenters. The molecule has 1 unspecified atom stereocenters. The second kappa shape index (κ2) is 6.43. The third-order valence-electron chi connectivity index (χ3n) is 2.84. The van der Waals surface area contributed by atoms with E-state index in [1.807, 2.05) is 18.2 Å². The molecule has 2 rings (SSSR count). The number of nitrogens with one attached hydrogen (secondary N) is 1. The highest BCUT2D eigenvalue weighted by Crippen LogP contribution is 2.15. The largest absolute Gasteiger partial charge is 0.497 e. The molecule has 0 spiro atoms. The van der Waals surface area contributed by atoms with Crippen molar-refractivity contribution in [1.82, 2.24) is 4.98 Å². The monoisotopic (exact) mass is 276 g/mol. The van der Waals surface area contributed by atoms with Crippen LogP contribution < -0.4 is 10.1 Å². The molecule has 1 aromatic heterocycles. The van der Waals surface area contributed by atoms with Crippen LogP contribution in [0.15, 0.2) is 42.6 Å². The summed E-state index contributed by atoms with van der Waals surface area (Å²) in [5.41, 5.74) is 2.24. The number of pyridine rings is 1. The summed E-state index contributed by atoms with van der Waals surface area (Å²) in [6.45, 7) is 2.14. The quantitative estimate of drug-likeness (QED) is 0.844. The number of aromatic nitrogens is 1. The molecule has 0 saturated carbocycles. The molecular weight excluding hydrogens is 260 g/mol. The highest BCUT2D eigenvalue weighted by Gasteiger charge is 2.04. The first-order valence-electron chi connectivity index (χ1n) is 6.18. The topological polar surface area (TPSA) is 34.1 Å². The third kappa shape index (κ3) is 4.14. The van der Waals surface area contributed by atoms with Crippen molar-refractivity contribution < 1.29 is 4.74 Å². The normalized spacial score (nSPS) is 11.9. The van der Waals surface area contributed by atoms with Crippen LogP contribution in [0.2, 0.25) is 5.15 Å². The predicted molar refractivity (Wildman–Crippen MR) is 79.0 cm³/mol. The summed E-state index contributed by atoms with van der Waals surface area (Å²) in [4.78, 5) is 4.05. The van der Waals surface area contributed by atoms with E-state index in [1.54, 1.807) is 19.4 Å². The summed E-state index contributed by atoms with van der Waals surface area (Å²) in [5.74, 6) is 0.881. The van der Waals surface area contributed by atoms with Crippen molar-refractivity contribution >= 4 is 17.3 Å². The summed E-state index contributed by atoms with van der Waals surface area (Å²) in [5, 5.41) is 3.90.